The van der Waals surface area contributed by atoms with Crippen LogP contribution in [-0.2, 0) is 26.7 Å². The summed E-state index contributed by atoms with van der Waals surface area (Å²) in [6, 6.07) is 4.05. The number of hydrogen-bond donors (Lipinski definition) is 1. The molecule has 0 saturated carbocycles. The lowest BCUT2D eigenvalue weighted by atomic mass is 10.1. The zero-order valence-corrected chi connectivity index (χ0v) is 18.8. The molecule has 1 aromatic carbocycles. The minimum absolute atomic E-state index is 0.0652. The van der Waals surface area contributed by atoms with Crippen molar-refractivity contribution < 1.29 is 27.1 Å². The highest BCUT2D eigenvalue weighted by Crippen LogP contribution is 2.40. The average molecular weight is 488 g/mol. The molecule has 0 spiro atoms. The maximum Gasteiger partial charge on any atom is 0.341 e. The number of anilines is 1. The van der Waals surface area contributed by atoms with Crippen molar-refractivity contribution in [2.45, 2.75) is 19.1 Å². The number of ether oxygens (including phenoxy) is 1. The van der Waals surface area contributed by atoms with Crippen LogP contribution < -0.4 is 5.32 Å². The molecule has 158 valence electrons. The Balaban J connectivity index is 1.74. The Morgan fingerprint density at radius 2 is 2.07 bits per heavy atom. The van der Waals surface area contributed by atoms with Crippen molar-refractivity contribution in [3.8, 4) is 0 Å². The van der Waals surface area contributed by atoms with Crippen LogP contribution >= 0.6 is 34.3 Å². The molecule has 3 aromatic rings. The van der Waals surface area contributed by atoms with Gasteiger partial charge in [-0.3, -0.25) is 4.79 Å². The predicted molar refractivity (Wildman–Crippen MR) is 116 cm³/mol. The third-order valence-corrected chi connectivity index (χ3v) is 9.15. The molecule has 0 unspecified atom stereocenters. The van der Waals surface area contributed by atoms with E-state index in [1.807, 2.05) is 0 Å². The Morgan fingerprint density at radius 3 is 2.80 bits per heavy atom. The van der Waals surface area contributed by atoms with E-state index in [1.54, 1.807) is 6.92 Å². The lowest BCUT2D eigenvalue weighted by molar-refractivity contribution is 0.0527. The van der Waals surface area contributed by atoms with Crippen LogP contribution in [0.4, 0.5) is 9.39 Å². The Labute approximate surface area is 184 Å². The first kappa shape index (κ1) is 21.2. The number of fused-ring (bicyclic) bond motifs is 2. The number of sulfone groups is 1. The molecule has 1 aliphatic heterocycles. The molecule has 0 aliphatic carbocycles. The molecular weight excluding hydrogens is 473 g/mol. The smallest absolute Gasteiger partial charge is 0.341 e. The number of halogens is 2. The van der Waals surface area contributed by atoms with Gasteiger partial charge in [-0.2, -0.15) is 0 Å². The highest BCUT2D eigenvalue weighted by molar-refractivity contribution is 7.90. The molecule has 1 N–H and O–H groups in total. The predicted octanol–water partition coefficient (Wildman–Crippen LogP) is 4.66. The summed E-state index contributed by atoms with van der Waals surface area (Å²) in [6.07, 6.45) is 0.182. The molecule has 1 aliphatic rings. The Hall–Kier alpha value is -2.01. The molecule has 0 fully saturated rings. The topological polar surface area (TPSA) is 89.5 Å². The summed E-state index contributed by atoms with van der Waals surface area (Å²) in [5.74, 6) is -1.87. The average Bonchev–Trinajstić information content (AvgIpc) is 3.17. The van der Waals surface area contributed by atoms with Crippen molar-refractivity contribution in [3.05, 3.63) is 49.9 Å². The van der Waals surface area contributed by atoms with Gasteiger partial charge in [0.2, 0.25) is 0 Å². The van der Waals surface area contributed by atoms with Crippen LogP contribution in [0.5, 0.6) is 0 Å². The third-order valence-electron chi connectivity index (χ3n) is 4.61. The van der Waals surface area contributed by atoms with Crippen LogP contribution in [0, 0.1) is 5.82 Å². The van der Waals surface area contributed by atoms with Crippen LogP contribution in [0.3, 0.4) is 0 Å². The molecule has 3 heterocycles. The molecule has 2 aromatic heterocycles. The summed E-state index contributed by atoms with van der Waals surface area (Å²) < 4.78 is 43.1. The van der Waals surface area contributed by atoms with Gasteiger partial charge >= 0.3 is 5.97 Å². The van der Waals surface area contributed by atoms with Gasteiger partial charge in [-0.15, -0.1) is 22.7 Å². The molecule has 30 heavy (non-hydrogen) atoms. The van der Waals surface area contributed by atoms with E-state index >= 15 is 0 Å². The third kappa shape index (κ3) is 3.84. The fraction of sp³-hybridized carbons (Fsp3) is 0.263. The number of hydrogen-bond acceptors (Lipinski definition) is 7. The van der Waals surface area contributed by atoms with Crippen molar-refractivity contribution in [1.82, 2.24) is 0 Å². The lowest BCUT2D eigenvalue weighted by Gasteiger charge is -2.13. The van der Waals surface area contributed by atoms with Crippen molar-refractivity contribution >= 4 is 71.1 Å². The van der Waals surface area contributed by atoms with Crippen LogP contribution in [0.15, 0.2) is 18.2 Å². The molecule has 0 atom stereocenters. The normalized spacial score (nSPS) is 15.0. The first-order chi connectivity index (χ1) is 14.2. The molecule has 6 nitrogen and oxygen atoms in total. The summed E-state index contributed by atoms with van der Waals surface area (Å²) >= 11 is 8.40. The van der Waals surface area contributed by atoms with E-state index in [1.165, 1.54) is 18.2 Å². The number of carbonyl (C=O) groups excluding carboxylic acids is 2. The number of carbonyl (C=O) groups is 2. The Bertz CT molecular complexity index is 1300. The van der Waals surface area contributed by atoms with Gasteiger partial charge in [0.25, 0.3) is 5.91 Å². The second kappa shape index (κ2) is 7.92. The fourth-order valence-electron chi connectivity index (χ4n) is 3.27. The van der Waals surface area contributed by atoms with Crippen molar-refractivity contribution in [1.29, 1.82) is 0 Å². The zero-order valence-electron chi connectivity index (χ0n) is 15.6. The molecule has 11 heteroatoms. The van der Waals surface area contributed by atoms with Gasteiger partial charge in [0.1, 0.15) is 15.7 Å². The Morgan fingerprint density at radius 1 is 1.30 bits per heavy atom. The second-order valence-electron chi connectivity index (χ2n) is 6.61. The Kier molecular flexibility index (Phi) is 5.60. The largest absolute Gasteiger partial charge is 0.462 e. The van der Waals surface area contributed by atoms with Gasteiger partial charge in [0, 0.05) is 15.0 Å². The number of nitrogens with one attached hydrogen (secondary N) is 1. The van der Waals surface area contributed by atoms with E-state index in [0.29, 0.717) is 20.5 Å². The van der Waals surface area contributed by atoms with Gasteiger partial charge < -0.3 is 10.1 Å². The van der Waals surface area contributed by atoms with Crippen LogP contribution in [-0.4, -0.2) is 32.7 Å². The minimum atomic E-state index is -3.26. The molecule has 0 radical (unpaired) electrons. The van der Waals surface area contributed by atoms with E-state index in [2.05, 4.69) is 5.32 Å². The lowest BCUT2D eigenvalue weighted by Crippen LogP contribution is -2.20. The first-order valence-electron chi connectivity index (χ1n) is 8.91. The fourth-order valence-corrected chi connectivity index (χ4v) is 7.75. The van der Waals surface area contributed by atoms with E-state index in [0.717, 1.165) is 22.7 Å². The maximum absolute atomic E-state index is 13.5. The summed E-state index contributed by atoms with van der Waals surface area (Å²) in [6.45, 7) is 1.80. The quantitative estimate of drug-likeness (QED) is 0.541. The molecule has 0 saturated heterocycles. The van der Waals surface area contributed by atoms with Gasteiger partial charge in [0.15, 0.2) is 9.84 Å². The van der Waals surface area contributed by atoms with E-state index in [-0.39, 0.29) is 45.0 Å². The molecule has 0 bridgehead atoms. The zero-order chi connectivity index (χ0) is 21.6. The molecule has 1 amide bonds. The van der Waals surface area contributed by atoms with E-state index in [4.69, 9.17) is 16.3 Å². The second-order valence-corrected chi connectivity index (χ2v) is 11.3. The van der Waals surface area contributed by atoms with Crippen molar-refractivity contribution in [2.24, 2.45) is 0 Å². The van der Waals surface area contributed by atoms with E-state index in [9.17, 15) is 22.4 Å². The first-order valence-corrected chi connectivity index (χ1v) is 12.7. The van der Waals surface area contributed by atoms with Crippen molar-refractivity contribution in [2.75, 3.05) is 17.7 Å². The van der Waals surface area contributed by atoms with E-state index < -0.39 is 27.5 Å². The SMILES string of the molecule is CCOC(=O)c1c(NC(=O)c2sc3cc(F)ccc3c2Cl)sc2c1CCS(=O)(=O)C2. The van der Waals surface area contributed by atoms with Crippen LogP contribution in [0.25, 0.3) is 10.1 Å². The molecular formula is C19H15ClFNO5S3. The monoisotopic (exact) mass is 487 g/mol. The van der Waals surface area contributed by atoms with Gasteiger partial charge in [-0.25, -0.2) is 17.6 Å². The highest BCUT2D eigenvalue weighted by Gasteiger charge is 2.32. The number of amides is 1. The summed E-state index contributed by atoms with van der Waals surface area (Å²) in [5.41, 5.74) is 0.775. The van der Waals surface area contributed by atoms with Gasteiger partial charge in [0.05, 0.1) is 28.7 Å². The summed E-state index contributed by atoms with van der Waals surface area (Å²) in [4.78, 5) is 26.2. The van der Waals surface area contributed by atoms with Crippen LogP contribution in [0.2, 0.25) is 5.02 Å². The molecule has 4 rings (SSSR count). The van der Waals surface area contributed by atoms with Crippen molar-refractivity contribution in [3.63, 3.8) is 0 Å². The van der Waals surface area contributed by atoms with Crippen LogP contribution in [0.1, 0.15) is 37.4 Å². The number of benzene rings is 1. The number of rotatable bonds is 4. The summed E-state index contributed by atoms with van der Waals surface area (Å²) in [7, 11) is -3.26. The standard InChI is InChI=1S/C19H15ClFNO5S3/c1-2-27-19(24)14-10-5-6-30(25,26)8-13(10)29-18(14)22-17(23)16-15(20)11-4-3-9(21)7-12(11)28-16/h3-4,7H,2,5-6,8H2,1H3,(H,22,23). The number of thiophene rings is 2. The van der Waals surface area contributed by atoms with Gasteiger partial charge in [-0.1, -0.05) is 11.6 Å². The maximum atomic E-state index is 13.5. The summed E-state index contributed by atoms with van der Waals surface area (Å²) in [5, 5.41) is 3.65. The number of esters is 1. The van der Waals surface area contributed by atoms with Gasteiger partial charge in [-0.05, 0) is 37.1 Å². The minimum Gasteiger partial charge on any atom is -0.462 e. The highest BCUT2D eigenvalue weighted by atomic mass is 35.5.